The molecule has 2 aromatic rings. The van der Waals surface area contributed by atoms with E-state index in [1.54, 1.807) is 42.2 Å². The highest BCUT2D eigenvalue weighted by molar-refractivity contribution is 6.01. The molecule has 0 atom stereocenters. The first-order chi connectivity index (χ1) is 11.5. The number of benzene rings is 1. The van der Waals surface area contributed by atoms with Crippen molar-refractivity contribution >= 4 is 11.8 Å². The number of carbonyl (C=O) groups is 1. The normalized spacial score (nSPS) is 10.2. The van der Waals surface area contributed by atoms with Gasteiger partial charge in [0.2, 0.25) is 0 Å². The van der Waals surface area contributed by atoms with Crippen molar-refractivity contribution in [1.82, 2.24) is 4.98 Å². The van der Waals surface area contributed by atoms with Gasteiger partial charge in [-0.25, -0.2) is 14.2 Å². The van der Waals surface area contributed by atoms with Crippen LogP contribution in [0.4, 0.5) is 10.2 Å². The molecule has 24 heavy (non-hydrogen) atoms. The molecule has 0 saturated carbocycles. The third kappa shape index (κ3) is 3.68. The predicted molar refractivity (Wildman–Crippen MR) is 93.9 cm³/mol. The van der Waals surface area contributed by atoms with E-state index < -0.39 is 5.97 Å². The zero-order valence-electron chi connectivity index (χ0n) is 13.5. The van der Waals surface area contributed by atoms with Crippen molar-refractivity contribution in [3.63, 3.8) is 0 Å². The molecule has 2 rings (SSSR count). The number of rotatable bonds is 7. The molecule has 1 heterocycles. The Balaban J connectivity index is 2.71. The van der Waals surface area contributed by atoms with Gasteiger partial charge in [0, 0.05) is 24.3 Å². The Bertz CT molecular complexity index is 760. The molecular weight excluding hydrogens is 307 g/mol. The summed E-state index contributed by atoms with van der Waals surface area (Å²) in [6, 6.07) is 7.43. The number of aromatic carboxylic acids is 1. The third-order valence-electron chi connectivity index (χ3n) is 3.50. The molecule has 0 spiro atoms. The van der Waals surface area contributed by atoms with Crippen molar-refractivity contribution in [3.05, 3.63) is 72.7 Å². The van der Waals surface area contributed by atoms with E-state index in [0.717, 1.165) is 0 Å². The second-order valence-electron chi connectivity index (χ2n) is 5.30. The van der Waals surface area contributed by atoms with Crippen LogP contribution >= 0.6 is 0 Å². The van der Waals surface area contributed by atoms with Crippen LogP contribution in [-0.2, 0) is 0 Å². The Morgan fingerprint density at radius 1 is 1.25 bits per heavy atom. The van der Waals surface area contributed by atoms with Crippen LogP contribution in [0, 0.1) is 12.7 Å². The van der Waals surface area contributed by atoms with Gasteiger partial charge in [0.1, 0.15) is 17.2 Å². The maximum absolute atomic E-state index is 13.2. The monoisotopic (exact) mass is 326 g/mol. The van der Waals surface area contributed by atoms with Gasteiger partial charge >= 0.3 is 5.97 Å². The van der Waals surface area contributed by atoms with E-state index in [9.17, 15) is 14.3 Å². The molecule has 5 heteroatoms. The summed E-state index contributed by atoms with van der Waals surface area (Å²) in [6.45, 7) is 10.1. The fraction of sp³-hybridized carbons (Fsp3) is 0.158. The van der Waals surface area contributed by atoms with Crippen LogP contribution in [0.5, 0.6) is 0 Å². The molecular formula is C19H19FN2O2. The van der Waals surface area contributed by atoms with Crippen LogP contribution in [-0.4, -0.2) is 29.1 Å². The predicted octanol–water partition coefficient (Wildman–Crippen LogP) is 4.07. The van der Waals surface area contributed by atoms with Crippen LogP contribution in [0.25, 0.3) is 11.1 Å². The topological polar surface area (TPSA) is 53.4 Å². The molecule has 0 amide bonds. The Labute approximate surface area is 140 Å². The van der Waals surface area contributed by atoms with Gasteiger partial charge in [0.25, 0.3) is 0 Å². The zero-order valence-corrected chi connectivity index (χ0v) is 13.5. The molecule has 1 aromatic carbocycles. The molecule has 0 bridgehead atoms. The summed E-state index contributed by atoms with van der Waals surface area (Å²) in [4.78, 5) is 18.1. The molecule has 0 aliphatic carbocycles. The van der Waals surface area contributed by atoms with E-state index in [1.807, 2.05) is 0 Å². The number of anilines is 1. The van der Waals surface area contributed by atoms with Crippen molar-refractivity contribution < 1.29 is 14.3 Å². The minimum absolute atomic E-state index is 0.0795. The average Bonchev–Trinajstić information content (AvgIpc) is 2.54. The quantitative estimate of drug-likeness (QED) is 0.779. The molecule has 0 unspecified atom stereocenters. The fourth-order valence-corrected chi connectivity index (χ4v) is 2.51. The first-order valence-corrected chi connectivity index (χ1v) is 7.45. The van der Waals surface area contributed by atoms with Gasteiger partial charge in [-0.2, -0.15) is 0 Å². The standard InChI is InChI=1S/C19H19FN2O2/c1-4-10-22(11-5-2)18-17(19(23)24)16(12-13(3)21-18)14-6-8-15(20)9-7-14/h4-9,12H,1-2,10-11H2,3H3,(H,23,24). The van der Waals surface area contributed by atoms with Crippen LogP contribution in [0.1, 0.15) is 16.1 Å². The Morgan fingerprint density at radius 3 is 2.33 bits per heavy atom. The highest BCUT2D eigenvalue weighted by Crippen LogP contribution is 2.31. The summed E-state index contributed by atoms with van der Waals surface area (Å²) in [5.74, 6) is -1.11. The SMILES string of the molecule is C=CCN(CC=C)c1nc(C)cc(-c2ccc(F)cc2)c1C(=O)O. The Kier molecular flexibility index (Phi) is 5.47. The third-order valence-corrected chi connectivity index (χ3v) is 3.50. The number of aromatic nitrogens is 1. The minimum atomic E-state index is -1.09. The van der Waals surface area contributed by atoms with Crippen LogP contribution < -0.4 is 4.90 Å². The summed E-state index contributed by atoms with van der Waals surface area (Å²) in [5.41, 5.74) is 1.88. The van der Waals surface area contributed by atoms with Gasteiger partial charge in [-0.3, -0.25) is 0 Å². The van der Waals surface area contributed by atoms with E-state index in [-0.39, 0.29) is 11.4 Å². The van der Waals surface area contributed by atoms with E-state index in [2.05, 4.69) is 18.1 Å². The largest absolute Gasteiger partial charge is 0.478 e. The van der Waals surface area contributed by atoms with Gasteiger partial charge in [-0.05, 0) is 30.7 Å². The number of halogens is 1. The lowest BCUT2D eigenvalue weighted by Crippen LogP contribution is -2.27. The van der Waals surface area contributed by atoms with E-state index in [1.165, 1.54) is 12.1 Å². The Morgan fingerprint density at radius 2 is 1.83 bits per heavy atom. The molecule has 0 aliphatic rings. The maximum Gasteiger partial charge on any atom is 0.340 e. The lowest BCUT2D eigenvalue weighted by atomic mass is 9.99. The lowest BCUT2D eigenvalue weighted by Gasteiger charge is -2.24. The van der Waals surface area contributed by atoms with Crippen molar-refractivity contribution in [3.8, 4) is 11.1 Å². The van der Waals surface area contributed by atoms with Crippen LogP contribution in [0.2, 0.25) is 0 Å². The van der Waals surface area contributed by atoms with Crippen molar-refractivity contribution in [1.29, 1.82) is 0 Å². The number of aryl methyl sites for hydroxylation is 1. The highest BCUT2D eigenvalue weighted by atomic mass is 19.1. The number of nitrogens with zero attached hydrogens (tertiary/aromatic N) is 2. The molecule has 124 valence electrons. The van der Waals surface area contributed by atoms with Gasteiger partial charge in [-0.1, -0.05) is 24.3 Å². The number of hydrogen-bond donors (Lipinski definition) is 1. The summed E-state index contributed by atoms with van der Waals surface area (Å²) in [6.07, 6.45) is 3.35. The zero-order chi connectivity index (χ0) is 17.7. The number of carboxylic acids is 1. The second-order valence-corrected chi connectivity index (χ2v) is 5.30. The molecule has 1 aromatic heterocycles. The molecule has 0 fully saturated rings. The fourth-order valence-electron chi connectivity index (χ4n) is 2.51. The summed E-state index contributed by atoms with van der Waals surface area (Å²) in [7, 11) is 0. The van der Waals surface area contributed by atoms with Gasteiger partial charge in [0.15, 0.2) is 0 Å². The average molecular weight is 326 g/mol. The maximum atomic E-state index is 13.2. The second kappa shape index (κ2) is 7.55. The molecule has 0 radical (unpaired) electrons. The first kappa shape index (κ1) is 17.4. The number of carboxylic acid groups (broad SMARTS) is 1. The van der Waals surface area contributed by atoms with Crippen molar-refractivity contribution in [2.24, 2.45) is 0 Å². The smallest absolute Gasteiger partial charge is 0.340 e. The lowest BCUT2D eigenvalue weighted by molar-refractivity contribution is 0.0698. The summed E-state index contributed by atoms with van der Waals surface area (Å²) < 4.78 is 13.2. The van der Waals surface area contributed by atoms with Crippen molar-refractivity contribution in [2.75, 3.05) is 18.0 Å². The first-order valence-electron chi connectivity index (χ1n) is 7.45. The number of hydrogen-bond acceptors (Lipinski definition) is 3. The summed E-state index contributed by atoms with van der Waals surface area (Å²) in [5, 5.41) is 9.75. The molecule has 0 aliphatic heterocycles. The highest BCUT2D eigenvalue weighted by Gasteiger charge is 2.22. The molecule has 1 N–H and O–H groups in total. The van der Waals surface area contributed by atoms with E-state index in [0.29, 0.717) is 35.7 Å². The number of pyridine rings is 1. The van der Waals surface area contributed by atoms with Crippen LogP contribution in [0.15, 0.2) is 55.6 Å². The molecule has 4 nitrogen and oxygen atoms in total. The molecule has 0 saturated heterocycles. The van der Waals surface area contributed by atoms with Gasteiger partial charge in [-0.15, -0.1) is 13.2 Å². The van der Waals surface area contributed by atoms with Gasteiger partial charge < -0.3 is 10.0 Å². The van der Waals surface area contributed by atoms with Crippen LogP contribution in [0.3, 0.4) is 0 Å². The van der Waals surface area contributed by atoms with E-state index in [4.69, 9.17) is 0 Å². The van der Waals surface area contributed by atoms with E-state index >= 15 is 0 Å². The summed E-state index contributed by atoms with van der Waals surface area (Å²) >= 11 is 0. The minimum Gasteiger partial charge on any atom is -0.478 e. The van der Waals surface area contributed by atoms with Gasteiger partial charge in [0.05, 0.1) is 0 Å². The van der Waals surface area contributed by atoms with Crippen molar-refractivity contribution in [2.45, 2.75) is 6.92 Å². The Hall–Kier alpha value is -2.95.